The fraction of sp³-hybridized carbons (Fsp3) is 0.750. The van der Waals surface area contributed by atoms with Gasteiger partial charge in [-0.2, -0.15) is 0 Å². The van der Waals surface area contributed by atoms with Crippen molar-refractivity contribution in [3.8, 4) is 0 Å². The summed E-state index contributed by atoms with van der Waals surface area (Å²) in [7, 11) is 0. The number of hydrogen-bond donors (Lipinski definition) is 1. The molecule has 0 aliphatic heterocycles. The van der Waals surface area contributed by atoms with Crippen molar-refractivity contribution in [1.82, 2.24) is 10.3 Å². The number of nitrogens with zero attached hydrogens (tertiary/aromatic N) is 1. The van der Waals surface area contributed by atoms with Crippen LogP contribution in [0.2, 0.25) is 0 Å². The summed E-state index contributed by atoms with van der Waals surface area (Å²) in [5, 5.41) is 4.70. The predicted molar refractivity (Wildman–Crippen MR) is 67.5 cm³/mol. The topological polar surface area (TPSA) is 24.9 Å². The summed E-state index contributed by atoms with van der Waals surface area (Å²) < 4.78 is 0. The van der Waals surface area contributed by atoms with Crippen LogP contribution in [-0.4, -0.2) is 11.5 Å². The Bertz CT molecular complexity index is 305. The third-order valence-corrected chi connectivity index (χ3v) is 3.42. The number of aromatic nitrogens is 1. The summed E-state index contributed by atoms with van der Waals surface area (Å²) in [5.41, 5.74) is 1.22. The first-order valence-electron chi connectivity index (χ1n) is 5.68. The highest BCUT2D eigenvalue weighted by Gasteiger charge is 2.12. The molecule has 2 nitrogen and oxygen atoms in total. The number of hydrogen-bond acceptors (Lipinski definition) is 3. The van der Waals surface area contributed by atoms with Crippen molar-refractivity contribution in [3.63, 3.8) is 0 Å². The zero-order chi connectivity index (χ0) is 11.4. The zero-order valence-electron chi connectivity index (χ0n) is 10.4. The lowest BCUT2D eigenvalue weighted by Crippen LogP contribution is -2.21. The molecule has 1 N–H and O–H groups in total. The number of thiazole rings is 1. The third-order valence-electron chi connectivity index (χ3n) is 2.52. The van der Waals surface area contributed by atoms with Crippen LogP contribution in [0.5, 0.6) is 0 Å². The van der Waals surface area contributed by atoms with E-state index in [-0.39, 0.29) is 0 Å². The molecule has 0 aliphatic rings. The van der Waals surface area contributed by atoms with Gasteiger partial charge in [-0.25, -0.2) is 4.98 Å². The second-order valence-electron chi connectivity index (χ2n) is 4.53. The van der Waals surface area contributed by atoms with Crippen molar-refractivity contribution >= 4 is 11.3 Å². The maximum Gasteiger partial charge on any atom is 0.0900 e. The van der Waals surface area contributed by atoms with E-state index >= 15 is 0 Å². The van der Waals surface area contributed by atoms with Crippen LogP contribution < -0.4 is 5.32 Å². The molecule has 0 bridgehead atoms. The monoisotopic (exact) mass is 226 g/mol. The molecule has 15 heavy (non-hydrogen) atoms. The van der Waals surface area contributed by atoms with E-state index in [1.807, 2.05) is 0 Å². The summed E-state index contributed by atoms with van der Waals surface area (Å²) in [4.78, 5) is 5.91. The first-order valence-corrected chi connectivity index (χ1v) is 6.49. The van der Waals surface area contributed by atoms with Crippen LogP contribution in [0.3, 0.4) is 0 Å². The van der Waals surface area contributed by atoms with Gasteiger partial charge < -0.3 is 5.32 Å². The largest absolute Gasteiger partial charge is 0.309 e. The molecule has 0 aliphatic carbocycles. The summed E-state index contributed by atoms with van der Waals surface area (Å²) >= 11 is 1.79. The lowest BCUT2D eigenvalue weighted by atomic mass is 10.1. The molecule has 1 aromatic rings. The molecule has 0 amide bonds. The minimum Gasteiger partial charge on any atom is -0.309 e. The molecular formula is C12H22N2S. The SMILES string of the molecule is Cc1nc(C(C)NCCC(C)C)c(C)s1. The number of aryl methyl sites for hydroxylation is 2. The molecule has 0 spiro atoms. The van der Waals surface area contributed by atoms with Gasteiger partial charge in [0.05, 0.1) is 10.7 Å². The van der Waals surface area contributed by atoms with Crippen LogP contribution in [-0.2, 0) is 0 Å². The Morgan fingerprint density at radius 3 is 2.40 bits per heavy atom. The van der Waals surface area contributed by atoms with Crippen molar-refractivity contribution in [2.75, 3.05) is 6.54 Å². The summed E-state index contributed by atoms with van der Waals surface area (Å²) in [5.74, 6) is 0.767. The smallest absolute Gasteiger partial charge is 0.0900 e. The Morgan fingerprint density at radius 2 is 1.93 bits per heavy atom. The Morgan fingerprint density at radius 1 is 1.27 bits per heavy atom. The Labute approximate surface area is 97.1 Å². The first kappa shape index (κ1) is 12.7. The third kappa shape index (κ3) is 3.92. The highest BCUT2D eigenvalue weighted by molar-refractivity contribution is 7.11. The van der Waals surface area contributed by atoms with Gasteiger partial charge in [0.2, 0.25) is 0 Å². The fourth-order valence-corrected chi connectivity index (χ4v) is 2.55. The molecule has 0 saturated heterocycles. The minimum absolute atomic E-state index is 0.383. The number of nitrogens with one attached hydrogen (secondary N) is 1. The van der Waals surface area contributed by atoms with E-state index in [1.54, 1.807) is 11.3 Å². The molecule has 1 aromatic heterocycles. The normalized spacial score (nSPS) is 13.5. The second-order valence-corrected chi connectivity index (χ2v) is 5.94. The van der Waals surface area contributed by atoms with Gasteiger partial charge >= 0.3 is 0 Å². The highest BCUT2D eigenvalue weighted by atomic mass is 32.1. The zero-order valence-corrected chi connectivity index (χ0v) is 11.2. The molecule has 86 valence electrons. The van der Waals surface area contributed by atoms with E-state index in [4.69, 9.17) is 0 Å². The van der Waals surface area contributed by atoms with Gasteiger partial charge in [0.25, 0.3) is 0 Å². The Balaban J connectivity index is 2.46. The van der Waals surface area contributed by atoms with Crippen molar-refractivity contribution in [2.45, 2.75) is 47.1 Å². The van der Waals surface area contributed by atoms with Crippen molar-refractivity contribution in [1.29, 1.82) is 0 Å². The summed E-state index contributed by atoms with van der Waals surface area (Å²) in [6.45, 7) is 12.0. The second kappa shape index (κ2) is 5.61. The van der Waals surface area contributed by atoms with Gasteiger partial charge in [0.15, 0.2) is 0 Å². The van der Waals surface area contributed by atoms with E-state index in [0.29, 0.717) is 6.04 Å². The van der Waals surface area contributed by atoms with Gasteiger partial charge in [0, 0.05) is 10.9 Å². The van der Waals surface area contributed by atoms with E-state index in [1.165, 1.54) is 22.0 Å². The van der Waals surface area contributed by atoms with Crippen LogP contribution in [0.15, 0.2) is 0 Å². The maximum absolute atomic E-state index is 4.56. The molecule has 3 heteroatoms. The molecule has 0 fully saturated rings. The molecule has 1 rings (SSSR count). The molecule has 1 atom stereocenters. The van der Waals surface area contributed by atoms with Crippen LogP contribution in [0, 0.1) is 19.8 Å². The van der Waals surface area contributed by atoms with Gasteiger partial charge in [-0.3, -0.25) is 0 Å². The van der Waals surface area contributed by atoms with E-state index in [9.17, 15) is 0 Å². The molecule has 0 radical (unpaired) electrons. The lowest BCUT2D eigenvalue weighted by Gasteiger charge is -2.13. The van der Waals surface area contributed by atoms with E-state index in [2.05, 4.69) is 44.9 Å². The van der Waals surface area contributed by atoms with Crippen LogP contribution >= 0.6 is 11.3 Å². The molecule has 1 unspecified atom stereocenters. The van der Waals surface area contributed by atoms with Crippen molar-refractivity contribution in [2.24, 2.45) is 5.92 Å². The summed E-state index contributed by atoms with van der Waals surface area (Å²) in [6, 6.07) is 0.383. The molecule has 0 saturated carbocycles. The van der Waals surface area contributed by atoms with Crippen LogP contribution in [0.4, 0.5) is 0 Å². The van der Waals surface area contributed by atoms with E-state index < -0.39 is 0 Å². The van der Waals surface area contributed by atoms with Crippen LogP contribution in [0.25, 0.3) is 0 Å². The average molecular weight is 226 g/mol. The summed E-state index contributed by atoms with van der Waals surface area (Å²) in [6.07, 6.45) is 1.23. The quantitative estimate of drug-likeness (QED) is 0.831. The van der Waals surface area contributed by atoms with Gasteiger partial charge in [-0.15, -0.1) is 11.3 Å². The molecule has 0 aromatic carbocycles. The highest BCUT2D eigenvalue weighted by Crippen LogP contribution is 2.22. The van der Waals surface area contributed by atoms with E-state index in [0.717, 1.165) is 12.5 Å². The molecule has 1 heterocycles. The van der Waals surface area contributed by atoms with Gasteiger partial charge in [-0.1, -0.05) is 13.8 Å². The standard InChI is InChI=1S/C12H22N2S/c1-8(2)6-7-13-9(3)12-10(4)15-11(5)14-12/h8-9,13H,6-7H2,1-5H3. The number of rotatable bonds is 5. The average Bonchev–Trinajstić information content (AvgIpc) is 2.44. The van der Waals surface area contributed by atoms with Gasteiger partial charge in [0.1, 0.15) is 0 Å². The first-order chi connectivity index (χ1) is 7.00. The lowest BCUT2D eigenvalue weighted by molar-refractivity contribution is 0.491. The maximum atomic E-state index is 4.56. The Hall–Kier alpha value is -0.410. The van der Waals surface area contributed by atoms with Crippen molar-refractivity contribution < 1.29 is 0 Å². The van der Waals surface area contributed by atoms with Crippen molar-refractivity contribution in [3.05, 3.63) is 15.6 Å². The van der Waals surface area contributed by atoms with Gasteiger partial charge in [-0.05, 0) is 39.7 Å². The van der Waals surface area contributed by atoms with Crippen LogP contribution in [0.1, 0.15) is 48.8 Å². The Kier molecular flexibility index (Phi) is 4.74. The predicted octanol–water partition coefficient (Wildman–Crippen LogP) is 3.46. The fourth-order valence-electron chi connectivity index (χ4n) is 1.63. The minimum atomic E-state index is 0.383. The molecular weight excluding hydrogens is 204 g/mol.